The summed E-state index contributed by atoms with van der Waals surface area (Å²) in [5.74, 6) is 2.06. The van der Waals surface area contributed by atoms with Gasteiger partial charge in [0.25, 0.3) is 0 Å². The van der Waals surface area contributed by atoms with Gasteiger partial charge in [0, 0.05) is 26.2 Å². The van der Waals surface area contributed by atoms with Gasteiger partial charge in [-0.05, 0) is 80.5 Å². The molecule has 1 saturated carbocycles. The summed E-state index contributed by atoms with van der Waals surface area (Å²) in [5.41, 5.74) is 1.32. The Kier molecular flexibility index (Phi) is 6.98. The predicted octanol–water partition coefficient (Wildman–Crippen LogP) is 4.87. The minimum atomic E-state index is -3.36. The van der Waals surface area contributed by atoms with Crippen LogP contribution >= 0.6 is 0 Å². The topological polar surface area (TPSA) is 40.6 Å². The van der Waals surface area contributed by atoms with Gasteiger partial charge in [-0.3, -0.25) is 0 Å². The number of nitrogens with zero attached hydrogens (tertiary/aromatic N) is 2. The van der Waals surface area contributed by atoms with Crippen LogP contribution in [0.25, 0.3) is 0 Å². The highest BCUT2D eigenvalue weighted by Gasteiger charge is 2.31. The van der Waals surface area contributed by atoms with Gasteiger partial charge in [-0.2, -0.15) is 4.31 Å². The van der Waals surface area contributed by atoms with Crippen LogP contribution in [0.4, 0.5) is 0 Å². The summed E-state index contributed by atoms with van der Waals surface area (Å²) in [6.07, 6.45) is 11.1. The Morgan fingerprint density at radius 3 is 2.21 bits per heavy atom. The molecule has 0 bridgehead atoms. The molecule has 3 fully saturated rings. The van der Waals surface area contributed by atoms with Crippen LogP contribution in [0.1, 0.15) is 76.2 Å². The van der Waals surface area contributed by atoms with E-state index < -0.39 is 10.0 Å². The van der Waals surface area contributed by atoms with Crippen LogP contribution < -0.4 is 0 Å². The van der Waals surface area contributed by atoms with Crippen molar-refractivity contribution < 1.29 is 8.42 Å². The molecule has 0 radical (unpaired) electrons. The third-order valence-corrected chi connectivity index (χ3v) is 9.34. The van der Waals surface area contributed by atoms with Crippen LogP contribution in [0.2, 0.25) is 0 Å². The summed E-state index contributed by atoms with van der Waals surface area (Å²) in [4.78, 5) is 3.08. The molecule has 1 aromatic carbocycles. The minimum absolute atomic E-state index is 0.473. The van der Waals surface area contributed by atoms with Gasteiger partial charge in [-0.25, -0.2) is 8.42 Å². The van der Waals surface area contributed by atoms with Crippen LogP contribution in [0, 0.1) is 11.8 Å². The molecule has 1 aliphatic carbocycles. The lowest BCUT2D eigenvalue weighted by Crippen LogP contribution is -2.43. The molecule has 3 aliphatic rings. The molecule has 162 valence electrons. The molecule has 2 heterocycles. The lowest BCUT2D eigenvalue weighted by molar-refractivity contribution is 0.136. The van der Waals surface area contributed by atoms with E-state index in [1.54, 1.807) is 4.31 Å². The maximum atomic E-state index is 13.1. The molecular formula is C24H38N2O2S. The number of sulfonamides is 1. The fourth-order valence-corrected chi connectivity index (χ4v) is 7.12. The van der Waals surface area contributed by atoms with E-state index in [0.29, 0.717) is 29.8 Å². The SMILES string of the molecule is C[C@@H]1CCCN(CC2CCN(S(=O)(=O)c3ccc(C4CCCCC4)cc3)CC2)C1. The second kappa shape index (κ2) is 9.49. The number of rotatable bonds is 5. The number of piperidine rings is 2. The third-order valence-electron chi connectivity index (χ3n) is 7.43. The van der Waals surface area contributed by atoms with Gasteiger partial charge in [0.05, 0.1) is 4.90 Å². The highest BCUT2D eigenvalue weighted by Crippen LogP contribution is 2.33. The van der Waals surface area contributed by atoms with E-state index in [4.69, 9.17) is 0 Å². The summed E-state index contributed by atoms with van der Waals surface area (Å²) in [5, 5.41) is 0. The van der Waals surface area contributed by atoms with Crippen molar-refractivity contribution in [3.8, 4) is 0 Å². The fraction of sp³-hybridized carbons (Fsp3) is 0.750. The first-order valence-electron chi connectivity index (χ1n) is 11.8. The summed E-state index contributed by atoms with van der Waals surface area (Å²) in [6.45, 7) is 7.26. The van der Waals surface area contributed by atoms with Crippen molar-refractivity contribution in [3.05, 3.63) is 29.8 Å². The molecule has 1 atom stereocenters. The first kappa shape index (κ1) is 21.3. The summed E-state index contributed by atoms with van der Waals surface area (Å²) < 4.78 is 28.0. The van der Waals surface area contributed by atoms with Crippen molar-refractivity contribution in [2.45, 2.75) is 75.5 Å². The van der Waals surface area contributed by atoms with Gasteiger partial charge in [-0.1, -0.05) is 38.3 Å². The zero-order chi connectivity index (χ0) is 20.3. The second-order valence-electron chi connectivity index (χ2n) is 9.76. The molecule has 0 spiro atoms. The van der Waals surface area contributed by atoms with Crippen LogP contribution in [0.15, 0.2) is 29.2 Å². The molecule has 0 unspecified atom stereocenters. The zero-order valence-electron chi connectivity index (χ0n) is 18.1. The van der Waals surface area contributed by atoms with E-state index >= 15 is 0 Å². The molecule has 1 aromatic rings. The van der Waals surface area contributed by atoms with Gasteiger partial charge in [0.1, 0.15) is 0 Å². The quantitative estimate of drug-likeness (QED) is 0.685. The Hall–Kier alpha value is -0.910. The van der Waals surface area contributed by atoms with E-state index in [2.05, 4.69) is 24.0 Å². The van der Waals surface area contributed by atoms with Crippen molar-refractivity contribution in [3.63, 3.8) is 0 Å². The van der Waals surface area contributed by atoms with Crippen LogP contribution in [0.3, 0.4) is 0 Å². The molecule has 4 rings (SSSR count). The van der Waals surface area contributed by atoms with Gasteiger partial charge in [0.15, 0.2) is 0 Å². The van der Waals surface area contributed by atoms with Crippen LogP contribution in [-0.2, 0) is 10.0 Å². The number of hydrogen-bond donors (Lipinski definition) is 0. The molecule has 5 heteroatoms. The number of benzene rings is 1. The van der Waals surface area contributed by atoms with E-state index in [9.17, 15) is 8.42 Å². The Morgan fingerprint density at radius 2 is 1.55 bits per heavy atom. The van der Waals surface area contributed by atoms with Gasteiger partial charge >= 0.3 is 0 Å². The minimum Gasteiger partial charge on any atom is -0.303 e. The Morgan fingerprint density at radius 1 is 0.862 bits per heavy atom. The Bertz CT molecular complexity index is 748. The molecular weight excluding hydrogens is 380 g/mol. The lowest BCUT2D eigenvalue weighted by Gasteiger charge is -2.37. The van der Waals surface area contributed by atoms with E-state index in [1.807, 2.05) is 12.1 Å². The maximum absolute atomic E-state index is 13.1. The zero-order valence-corrected chi connectivity index (χ0v) is 18.9. The molecule has 29 heavy (non-hydrogen) atoms. The smallest absolute Gasteiger partial charge is 0.243 e. The standard InChI is InChI=1S/C24H38N2O2S/c1-20-6-5-15-25(18-20)19-21-13-16-26(17-14-21)29(27,28)24-11-9-23(10-12-24)22-7-3-2-4-8-22/h9-12,20-22H,2-8,13-19H2,1H3/t20-/m1/s1. The van der Waals surface area contributed by atoms with Crippen molar-refractivity contribution in [1.82, 2.24) is 9.21 Å². The van der Waals surface area contributed by atoms with Crippen molar-refractivity contribution in [2.24, 2.45) is 11.8 Å². The first-order chi connectivity index (χ1) is 14.0. The Labute approximate surface area is 177 Å². The first-order valence-corrected chi connectivity index (χ1v) is 13.3. The molecule has 0 N–H and O–H groups in total. The largest absolute Gasteiger partial charge is 0.303 e. The average Bonchev–Trinajstić information content (AvgIpc) is 2.75. The number of hydrogen-bond acceptors (Lipinski definition) is 3. The molecule has 2 aliphatic heterocycles. The van der Waals surface area contributed by atoms with Crippen molar-refractivity contribution >= 4 is 10.0 Å². The molecule has 2 saturated heterocycles. The summed E-state index contributed by atoms with van der Waals surface area (Å²) in [6, 6.07) is 7.82. The van der Waals surface area contributed by atoms with Crippen molar-refractivity contribution in [2.75, 3.05) is 32.7 Å². The average molecular weight is 419 g/mol. The van der Waals surface area contributed by atoms with Gasteiger partial charge < -0.3 is 4.90 Å². The highest BCUT2D eigenvalue weighted by atomic mass is 32.2. The summed E-state index contributed by atoms with van der Waals surface area (Å²) in [7, 11) is -3.36. The van der Waals surface area contributed by atoms with Crippen LogP contribution in [-0.4, -0.2) is 50.3 Å². The summed E-state index contributed by atoms with van der Waals surface area (Å²) >= 11 is 0. The monoisotopic (exact) mass is 418 g/mol. The van der Waals surface area contributed by atoms with Gasteiger partial charge in [-0.15, -0.1) is 0 Å². The highest BCUT2D eigenvalue weighted by molar-refractivity contribution is 7.89. The van der Waals surface area contributed by atoms with Gasteiger partial charge in [0.2, 0.25) is 10.0 Å². The molecule has 4 nitrogen and oxygen atoms in total. The van der Waals surface area contributed by atoms with E-state index in [-0.39, 0.29) is 0 Å². The lowest BCUT2D eigenvalue weighted by atomic mass is 9.84. The second-order valence-corrected chi connectivity index (χ2v) is 11.7. The maximum Gasteiger partial charge on any atom is 0.243 e. The third kappa shape index (κ3) is 5.23. The predicted molar refractivity (Wildman–Crippen MR) is 119 cm³/mol. The molecule has 0 amide bonds. The Balaban J connectivity index is 1.32. The fourth-order valence-electron chi connectivity index (χ4n) is 5.65. The van der Waals surface area contributed by atoms with Crippen molar-refractivity contribution in [1.29, 1.82) is 0 Å². The normalized spacial score (nSPS) is 26.6. The number of likely N-dealkylation sites (tertiary alicyclic amines) is 1. The van der Waals surface area contributed by atoms with E-state index in [0.717, 1.165) is 25.3 Å². The van der Waals surface area contributed by atoms with E-state index in [1.165, 1.54) is 63.6 Å². The molecule has 0 aromatic heterocycles. The van der Waals surface area contributed by atoms with Crippen LogP contribution in [0.5, 0.6) is 0 Å².